The number of carboxylic acids is 1. The molecular weight excluding hydrogens is 302 g/mol. The van der Waals surface area contributed by atoms with Gasteiger partial charge in [-0.05, 0) is 30.5 Å². The quantitative estimate of drug-likeness (QED) is 0.846. The lowest BCUT2D eigenvalue weighted by Gasteiger charge is -2.24. The van der Waals surface area contributed by atoms with Crippen LogP contribution in [0.15, 0.2) is 65.6 Å². The van der Waals surface area contributed by atoms with Crippen LogP contribution in [0.5, 0.6) is 0 Å². The molecule has 0 aliphatic rings. The summed E-state index contributed by atoms with van der Waals surface area (Å²) in [5, 5.41) is 9.40. The minimum atomic E-state index is -4.19. The van der Waals surface area contributed by atoms with E-state index in [9.17, 15) is 18.3 Å². The molecule has 0 amide bonds. The average Bonchev–Trinajstić information content (AvgIpc) is 2.54. The molecule has 0 saturated heterocycles. The third kappa shape index (κ3) is 3.03. The van der Waals surface area contributed by atoms with Gasteiger partial charge in [0.2, 0.25) is 14.7 Å². The number of nitrogens with two attached hydrogens (primary N) is 1. The number of carbonyl (C=O) groups is 1. The first-order chi connectivity index (χ1) is 10.4. The molecule has 2 aromatic rings. The second kappa shape index (κ2) is 6.29. The number of hydrogen-bond acceptors (Lipinski definition) is 4. The van der Waals surface area contributed by atoms with Gasteiger partial charge in [0.25, 0.3) is 0 Å². The molecule has 0 heterocycles. The summed E-state index contributed by atoms with van der Waals surface area (Å²) in [6.45, 7) is 0. The fourth-order valence-electron chi connectivity index (χ4n) is 2.14. The van der Waals surface area contributed by atoms with E-state index >= 15 is 0 Å². The Morgan fingerprint density at radius 2 is 1.50 bits per heavy atom. The monoisotopic (exact) mass is 319 g/mol. The lowest BCUT2D eigenvalue weighted by molar-refractivity contribution is -0.140. The van der Waals surface area contributed by atoms with Crippen LogP contribution in [0.2, 0.25) is 0 Å². The molecule has 0 aliphatic heterocycles. The maximum absolute atomic E-state index is 12.6. The Morgan fingerprint density at radius 3 is 2.00 bits per heavy atom. The highest BCUT2D eigenvalue weighted by Gasteiger charge is 2.47. The van der Waals surface area contributed by atoms with Crippen LogP contribution in [0.25, 0.3) is 0 Å². The molecule has 0 aromatic heterocycles. The first-order valence-electron chi connectivity index (χ1n) is 6.74. The van der Waals surface area contributed by atoms with Crippen molar-refractivity contribution in [1.82, 2.24) is 0 Å². The maximum atomic E-state index is 12.6. The molecular formula is C16H17NO4S. The van der Waals surface area contributed by atoms with Crippen molar-refractivity contribution in [3.8, 4) is 0 Å². The zero-order valence-corrected chi connectivity index (χ0v) is 12.7. The number of aliphatic carboxylic acids is 1. The Hall–Kier alpha value is -2.18. The van der Waals surface area contributed by atoms with E-state index in [2.05, 4.69) is 0 Å². The van der Waals surface area contributed by atoms with Gasteiger partial charge < -0.3 is 10.8 Å². The number of hydrogen-bond donors (Lipinski definition) is 2. The number of carboxylic acid groups (broad SMARTS) is 1. The molecule has 0 bridgehead atoms. The van der Waals surface area contributed by atoms with Crippen LogP contribution in [0, 0.1) is 0 Å². The molecule has 0 saturated carbocycles. The van der Waals surface area contributed by atoms with Gasteiger partial charge in [0.05, 0.1) is 4.90 Å². The van der Waals surface area contributed by atoms with Crippen LogP contribution >= 0.6 is 0 Å². The summed E-state index contributed by atoms with van der Waals surface area (Å²) in [4.78, 5) is 9.11. The molecule has 1 unspecified atom stereocenters. The van der Waals surface area contributed by atoms with E-state index in [-0.39, 0.29) is 17.7 Å². The van der Waals surface area contributed by atoms with Gasteiger partial charge in [0, 0.05) is 0 Å². The van der Waals surface area contributed by atoms with Crippen molar-refractivity contribution in [2.75, 3.05) is 0 Å². The smallest absolute Gasteiger partial charge is 0.339 e. The first kappa shape index (κ1) is 16.2. The molecule has 2 aromatic carbocycles. The van der Waals surface area contributed by atoms with Crippen molar-refractivity contribution in [2.24, 2.45) is 5.73 Å². The van der Waals surface area contributed by atoms with Gasteiger partial charge in [-0.2, -0.15) is 0 Å². The van der Waals surface area contributed by atoms with E-state index in [1.54, 1.807) is 30.3 Å². The third-order valence-corrected chi connectivity index (χ3v) is 5.75. The number of rotatable bonds is 6. The second-order valence-electron chi connectivity index (χ2n) is 5.00. The summed E-state index contributed by atoms with van der Waals surface area (Å²) in [6.07, 6.45) is 0.0548. The van der Waals surface area contributed by atoms with Crippen molar-refractivity contribution < 1.29 is 18.3 Å². The summed E-state index contributed by atoms with van der Waals surface area (Å²) < 4.78 is 25.2. The molecule has 6 heteroatoms. The zero-order valence-electron chi connectivity index (χ0n) is 11.8. The van der Waals surface area contributed by atoms with Crippen molar-refractivity contribution in [3.05, 3.63) is 66.2 Å². The van der Waals surface area contributed by atoms with Gasteiger partial charge in [0.1, 0.15) is 0 Å². The van der Waals surface area contributed by atoms with Crippen LogP contribution in [0.4, 0.5) is 0 Å². The number of aryl methyl sites for hydroxylation is 1. The second-order valence-corrected chi connectivity index (χ2v) is 7.20. The largest absolute Gasteiger partial charge is 0.479 e. The van der Waals surface area contributed by atoms with Crippen LogP contribution in [-0.2, 0) is 21.1 Å². The maximum Gasteiger partial charge on any atom is 0.339 e. The molecule has 0 aliphatic carbocycles. The van der Waals surface area contributed by atoms with E-state index in [4.69, 9.17) is 5.73 Å². The SMILES string of the molecule is NC(CCc1ccccc1)(C(=O)O)S(=O)(=O)c1ccccc1. The Balaban J connectivity index is 2.34. The molecule has 0 fully saturated rings. The third-order valence-electron chi connectivity index (χ3n) is 3.52. The van der Waals surface area contributed by atoms with Crippen molar-refractivity contribution >= 4 is 15.8 Å². The summed E-state index contributed by atoms with van der Waals surface area (Å²) in [5.74, 6) is -1.55. The predicted molar refractivity (Wildman–Crippen MR) is 82.9 cm³/mol. The molecule has 0 spiro atoms. The molecule has 3 N–H and O–H groups in total. The lowest BCUT2D eigenvalue weighted by Crippen LogP contribution is -2.54. The minimum absolute atomic E-state index is 0.0899. The van der Waals surface area contributed by atoms with Gasteiger partial charge in [-0.3, -0.25) is 0 Å². The summed E-state index contributed by atoms with van der Waals surface area (Å²) in [5.41, 5.74) is 6.65. The van der Waals surface area contributed by atoms with Gasteiger partial charge in [-0.1, -0.05) is 48.5 Å². The van der Waals surface area contributed by atoms with E-state index in [1.165, 1.54) is 24.3 Å². The van der Waals surface area contributed by atoms with Gasteiger partial charge in [0.15, 0.2) is 0 Å². The standard InChI is InChI=1S/C16H17NO4S/c17-16(15(18)19,12-11-13-7-3-1-4-8-13)22(20,21)14-9-5-2-6-10-14/h1-10H,11-12,17H2,(H,18,19). The van der Waals surface area contributed by atoms with Crippen LogP contribution in [0.3, 0.4) is 0 Å². The van der Waals surface area contributed by atoms with Crippen LogP contribution in [-0.4, -0.2) is 24.4 Å². The molecule has 116 valence electrons. The molecule has 22 heavy (non-hydrogen) atoms. The molecule has 1 atom stereocenters. The van der Waals surface area contributed by atoms with Crippen LogP contribution < -0.4 is 5.73 Å². The Bertz CT molecular complexity index is 744. The van der Waals surface area contributed by atoms with Crippen LogP contribution in [0.1, 0.15) is 12.0 Å². The predicted octanol–water partition coefficient (Wildman–Crippen LogP) is 1.83. The van der Waals surface area contributed by atoms with E-state index in [0.717, 1.165) is 5.56 Å². The topological polar surface area (TPSA) is 97.5 Å². The summed E-state index contributed by atoms with van der Waals surface area (Å²) >= 11 is 0. The van der Waals surface area contributed by atoms with E-state index in [1.807, 2.05) is 6.07 Å². The number of sulfone groups is 1. The Labute approximate surface area is 129 Å². The van der Waals surface area contributed by atoms with Crippen molar-refractivity contribution in [3.63, 3.8) is 0 Å². The Kier molecular flexibility index (Phi) is 4.63. The van der Waals surface area contributed by atoms with Gasteiger partial charge in [-0.25, -0.2) is 13.2 Å². The first-order valence-corrected chi connectivity index (χ1v) is 8.22. The van der Waals surface area contributed by atoms with E-state index in [0.29, 0.717) is 0 Å². The lowest BCUT2D eigenvalue weighted by atomic mass is 10.1. The average molecular weight is 319 g/mol. The highest BCUT2D eigenvalue weighted by molar-refractivity contribution is 7.93. The summed E-state index contributed by atoms with van der Waals surface area (Å²) in [7, 11) is -4.19. The zero-order chi connectivity index (χ0) is 16.2. The fourth-order valence-corrected chi connectivity index (χ4v) is 3.68. The van der Waals surface area contributed by atoms with Gasteiger partial charge >= 0.3 is 5.97 Å². The highest BCUT2D eigenvalue weighted by atomic mass is 32.2. The molecule has 5 nitrogen and oxygen atoms in total. The molecule has 2 rings (SSSR count). The minimum Gasteiger partial charge on any atom is -0.479 e. The number of benzene rings is 2. The fraction of sp³-hybridized carbons (Fsp3) is 0.188. The van der Waals surface area contributed by atoms with Gasteiger partial charge in [-0.15, -0.1) is 0 Å². The molecule has 0 radical (unpaired) electrons. The highest BCUT2D eigenvalue weighted by Crippen LogP contribution is 2.26. The summed E-state index contributed by atoms with van der Waals surface area (Å²) in [6, 6.07) is 16.5. The van der Waals surface area contributed by atoms with Crippen molar-refractivity contribution in [1.29, 1.82) is 0 Å². The van der Waals surface area contributed by atoms with E-state index < -0.39 is 20.7 Å². The van der Waals surface area contributed by atoms with Crippen molar-refractivity contribution in [2.45, 2.75) is 22.6 Å². The normalized spacial score (nSPS) is 14.2. The Morgan fingerprint density at radius 1 is 1.00 bits per heavy atom.